The van der Waals surface area contributed by atoms with Gasteiger partial charge in [0.15, 0.2) is 12.4 Å². The Morgan fingerprint density at radius 1 is 1.23 bits per heavy atom. The molecule has 0 aliphatic carbocycles. The Hall–Kier alpha value is -2.74. The highest BCUT2D eigenvalue weighted by Gasteiger charge is 2.37. The smallest absolute Gasteiger partial charge is 0.406 e. The molecule has 35 heavy (non-hydrogen) atoms. The monoisotopic (exact) mass is 499 g/mol. The van der Waals surface area contributed by atoms with E-state index < -0.39 is 18.8 Å². The van der Waals surface area contributed by atoms with Gasteiger partial charge in [0.25, 0.3) is 0 Å². The van der Waals surface area contributed by atoms with Crippen LogP contribution in [0.15, 0.2) is 35.6 Å². The molecule has 1 aromatic carbocycles. The number of rotatable bonds is 8. The van der Waals surface area contributed by atoms with Gasteiger partial charge in [-0.1, -0.05) is 10.4 Å². The second-order valence-electron chi connectivity index (χ2n) is 8.84. The van der Waals surface area contributed by atoms with Crippen molar-refractivity contribution in [2.24, 2.45) is 5.16 Å². The second-order valence-corrected chi connectivity index (χ2v) is 8.84. The Balaban J connectivity index is 1.25. The van der Waals surface area contributed by atoms with Gasteiger partial charge in [-0.3, -0.25) is 0 Å². The van der Waals surface area contributed by atoms with E-state index in [1.165, 1.54) is 24.3 Å². The molecule has 2 aromatic rings. The number of aliphatic hydroxyl groups excluding tert-OH is 2. The fourth-order valence-electron chi connectivity index (χ4n) is 4.24. The highest BCUT2D eigenvalue weighted by Crippen LogP contribution is 2.25. The van der Waals surface area contributed by atoms with E-state index in [9.17, 15) is 23.4 Å². The number of halogens is 3. The summed E-state index contributed by atoms with van der Waals surface area (Å²) < 4.78 is 47.7. The highest BCUT2D eigenvalue weighted by atomic mass is 19.4. The molecule has 5 atom stereocenters. The summed E-state index contributed by atoms with van der Waals surface area (Å²) >= 11 is 0. The van der Waals surface area contributed by atoms with Crippen LogP contribution < -0.4 is 4.74 Å². The van der Waals surface area contributed by atoms with E-state index in [2.05, 4.69) is 20.2 Å². The van der Waals surface area contributed by atoms with E-state index >= 15 is 0 Å². The van der Waals surface area contributed by atoms with Crippen molar-refractivity contribution in [3.8, 4) is 5.75 Å². The van der Waals surface area contributed by atoms with Gasteiger partial charge in [0.05, 0.1) is 24.1 Å². The van der Waals surface area contributed by atoms with Gasteiger partial charge in [-0.15, -0.1) is 18.3 Å². The summed E-state index contributed by atoms with van der Waals surface area (Å²) in [5, 5.41) is 32.5. The number of ether oxygens (including phenoxy) is 2. The van der Waals surface area contributed by atoms with Crippen molar-refractivity contribution in [2.45, 2.75) is 69.7 Å². The minimum absolute atomic E-state index is 0.147. The summed E-state index contributed by atoms with van der Waals surface area (Å²) in [6.07, 6.45) is -3.84. The molecular weight excluding hydrogens is 471 g/mol. The Bertz CT molecular complexity index is 1020. The van der Waals surface area contributed by atoms with Crippen LogP contribution in [0.3, 0.4) is 0 Å². The number of aromatic nitrogens is 3. The number of nitrogens with zero attached hydrogens (tertiary/aromatic N) is 5. The minimum atomic E-state index is -4.74. The lowest BCUT2D eigenvalue weighted by molar-refractivity contribution is -0.274. The molecule has 0 amide bonds. The molecule has 0 unspecified atom stereocenters. The zero-order chi connectivity index (χ0) is 25.2. The average molecular weight is 499 g/mol. The summed E-state index contributed by atoms with van der Waals surface area (Å²) in [5.41, 5.74) is 2.05. The van der Waals surface area contributed by atoms with Crippen LogP contribution in [-0.4, -0.2) is 86.4 Å². The van der Waals surface area contributed by atoms with Crippen LogP contribution in [0, 0.1) is 0 Å². The Morgan fingerprint density at radius 3 is 2.69 bits per heavy atom. The third kappa shape index (κ3) is 6.69. The Kier molecular flexibility index (Phi) is 7.59. The second kappa shape index (κ2) is 10.5. The number of aliphatic hydroxyl groups is 2. The van der Waals surface area contributed by atoms with Crippen molar-refractivity contribution in [1.29, 1.82) is 0 Å². The molecule has 0 radical (unpaired) electrons. The molecule has 3 heterocycles. The first-order valence-corrected chi connectivity index (χ1v) is 11.3. The summed E-state index contributed by atoms with van der Waals surface area (Å²) in [6.45, 7) is 2.88. The van der Waals surface area contributed by atoms with E-state index in [0.29, 0.717) is 43.6 Å². The normalized spacial score (nSPS) is 27.1. The third-order valence-corrected chi connectivity index (χ3v) is 6.05. The SMILES string of the molecule is C[C@@H]1C[C@H](N(C)CCc2cn(C[C@H]3CC(c4ccc(OC(F)(F)F)cc4)=NO3)nn2)[C@@H](O)[C@H](O)O1. The first kappa shape index (κ1) is 25.4. The van der Waals surface area contributed by atoms with Crippen LogP contribution in [-0.2, 0) is 22.5 Å². The van der Waals surface area contributed by atoms with Gasteiger partial charge >= 0.3 is 6.36 Å². The number of hydrogen-bond donors (Lipinski definition) is 2. The van der Waals surface area contributed by atoms with Crippen LogP contribution in [0.1, 0.15) is 31.0 Å². The molecule has 1 saturated heterocycles. The molecule has 2 aliphatic rings. The van der Waals surface area contributed by atoms with Crippen molar-refractivity contribution in [3.63, 3.8) is 0 Å². The summed E-state index contributed by atoms with van der Waals surface area (Å²) in [5.74, 6) is -0.296. The number of likely N-dealkylation sites (N-methyl/N-ethyl adjacent to an activating group) is 1. The molecule has 2 aliphatic heterocycles. The maximum Gasteiger partial charge on any atom is 0.573 e. The van der Waals surface area contributed by atoms with E-state index in [0.717, 1.165) is 5.69 Å². The van der Waals surface area contributed by atoms with E-state index in [1.54, 1.807) is 4.68 Å². The number of alkyl halides is 3. The van der Waals surface area contributed by atoms with Gasteiger partial charge in [0.2, 0.25) is 0 Å². The maximum atomic E-state index is 12.3. The van der Waals surface area contributed by atoms with Crippen LogP contribution in [0.4, 0.5) is 13.2 Å². The molecule has 0 saturated carbocycles. The lowest BCUT2D eigenvalue weighted by Gasteiger charge is -2.40. The van der Waals surface area contributed by atoms with Gasteiger partial charge in [-0.2, -0.15) is 0 Å². The first-order chi connectivity index (χ1) is 16.6. The van der Waals surface area contributed by atoms with Gasteiger partial charge in [0.1, 0.15) is 11.9 Å². The molecule has 2 N–H and O–H groups in total. The van der Waals surface area contributed by atoms with Crippen molar-refractivity contribution < 1.29 is 37.7 Å². The molecular formula is C22H28F3N5O5. The molecule has 4 rings (SSSR count). The Morgan fingerprint density at radius 2 is 1.97 bits per heavy atom. The number of hydrogen-bond acceptors (Lipinski definition) is 9. The molecule has 13 heteroatoms. The standard InChI is InChI=1S/C22H28F3N5O5/c1-13-9-19(20(31)21(32)33-13)29(2)8-7-15-11-30(28-26-15)12-17-10-18(27-35-17)14-3-5-16(6-4-14)34-22(23,24)25/h3-6,11,13,17,19-21,31-32H,7-10,12H2,1-2H3/t13-,17-,19+,20-,21-/m1/s1. The molecule has 1 fully saturated rings. The quantitative estimate of drug-likeness (QED) is 0.564. The predicted octanol–water partition coefficient (Wildman–Crippen LogP) is 1.70. The summed E-state index contributed by atoms with van der Waals surface area (Å²) in [7, 11) is 1.89. The fraction of sp³-hybridized carbons (Fsp3) is 0.591. The fourth-order valence-corrected chi connectivity index (χ4v) is 4.24. The topological polar surface area (TPSA) is 114 Å². The lowest BCUT2D eigenvalue weighted by atomic mass is 9.99. The van der Waals surface area contributed by atoms with Gasteiger partial charge in [0, 0.05) is 31.6 Å². The Labute approximate surface area is 199 Å². The van der Waals surface area contributed by atoms with Crippen molar-refractivity contribution in [2.75, 3.05) is 13.6 Å². The summed E-state index contributed by atoms with van der Waals surface area (Å²) in [4.78, 5) is 7.45. The summed E-state index contributed by atoms with van der Waals surface area (Å²) in [6, 6.07) is 5.26. The van der Waals surface area contributed by atoms with Crippen molar-refractivity contribution in [1.82, 2.24) is 19.9 Å². The number of benzene rings is 1. The predicted molar refractivity (Wildman–Crippen MR) is 116 cm³/mol. The zero-order valence-corrected chi connectivity index (χ0v) is 19.3. The zero-order valence-electron chi connectivity index (χ0n) is 19.3. The van der Waals surface area contributed by atoms with E-state index in [-0.39, 0.29) is 24.0 Å². The lowest BCUT2D eigenvalue weighted by Crippen LogP contribution is -2.54. The largest absolute Gasteiger partial charge is 0.573 e. The molecule has 10 nitrogen and oxygen atoms in total. The molecule has 0 spiro atoms. The average Bonchev–Trinajstić information content (AvgIpc) is 3.44. The van der Waals surface area contributed by atoms with Crippen LogP contribution in [0.5, 0.6) is 5.75 Å². The van der Waals surface area contributed by atoms with E-state index in [4.69, 9.17) is 9.57 Å². The van der Waals surface area contributed by atoms with Crippen LogP contribution in [0.25, 0.3) is 0 Å². The molecule has 0 bridgehead atoms. The molecule has 192 valence electrons. The van der Waals surface area contributed by atoms with Gasteiger partial charge in [-0.25, -0.2) is 4.68 Å². The van der Waals surface area contributed by atoms with Crippen LogP contribution in [0.2, 0.25) is 0 Å². The van der Waals surface area contributed by atoms with Crippen LogP contribution >= 0.6 is 0 Å². The third-order valence-electron chi connectivity index (χ3n) is 6.05. The molecule has 1 aromatic heterocycles. The van der Waals surface area contributed by atoms with Crippen molar-refractivity contribution >= 4 is 5.71 Å². The number of oxime groups is 1. The highest BCUT2D eigenvalue weighted by molar-refractivity contribution is 6.01. The van der Waals surface area contributed by atoms with Gasteiger partial charge in [-0.05, 0) is 50.2 Å². The first-order valence-electron chi connectivity index (χ1n) is 11.3. The maximum absolute atomic E-state index is 12.3. The van der Waals surface area contributed by atoms with Gasteiger partial charge < -0.3 is 29.4 Å². The van der Waals surface area contributed by atoms with E-state index in [1.807, 2.05) is 25.1 Å². The minimum Gasteiger partial charge on any atom is -0.406 e. The van der Waals surface area contributed by atoms with Crippen molar-refractivity contribution in [3.05, 3.63) is 41.7 Å².